The lowest BCUT2D eigenvalue weighted by Crippen LogP contribution is -2.47. The second-order valence-electron chi connectivity index (χ2n) is 8.78. The lowest BCUT2D eigenvalue weighted by Gasteiger charge is -2.32. The molecule has 1 aromatic carbocycles. The number of aliphatic hydroxyl groups is 2. The van der Waals surface area contributed by atoms with E-state index in [2.05, 4.69) is 15.2 Å². The predicted molar refractivity (Wildman–Crippen MR) is 134 cm³/mol. The number of carbonyl (C=O) groups excluding carboxylic acids is 1. The van der Waals surface area contributed by atoms with Crippen molar-refractivity contribution in [3.05, 3.63) is 42.1 Å². The molecule has 15 heteroatoms. The van der Waals surface area contributed by atoms with Crippen LogP contribution in [0.2, 0.25) is 0 Å². The topological polar surface area (TPSA) is 201 Å². The minimum atomic E-state index is -4.36. The van der Waals surface area contributed by atoms with Crippen LogP contribution in [0.3, 0.4) is 0 Å². The highest BCUT2D eigenvalue weighted by Gasteiger charge is 2.59. The van der Waals surface area contributed by atoms with E-state index in [0.29, 0.717) is 12.1 Å². The van der Waals surface area contributed by atoms with Gasteiger partial charge in [0.05, 0.1) is 18.3 Å². The van der Waals surface area contributed by atoms with Crippen molar-refractivity contribution in [1.82, 2.24) is 10.1 Å². The van der Waals surface area contributed by atoms with Crippen LogP contribution in [0.5, 0.6) is 5.75 Å². The molecule has 38 heavy (non-hydrogen) atoms. The van der Waals surface area contributed by atoms with Gasteiger partial charge >= 0.3 is 13.7 Å². The Kier molecular flexibility index (Phi) is 8.17. The largest absolute Gasteiger partial charge is 0.465 e. The van der Waals surface area contributed by atoms with E-state index in [9.17, 15) is 24.8 Å². The van der Waals surface area contributed by atoms with Crippen LogP contribution in [0.4, 0.5) is 0 Å². The summed E-state index contributed by atoms with van der Waals surface area (Å²) in [6.45, 7) is 2.35. The number of nitriles is 1. The molecule has 3 heterocycles. The Hall–Kier alpha value is -3.31. The number of aliphatic hydroxyl groups excluding tert-OH is 2. The van der Waals surface area contributed by atoms with Gasteiger partial charge in [0.2, 0.25) is 5.60 Å². The molecule has 3 aliphatic rings. The van der Waals surface area contributed by atoms with Crippen LogP contribution in [-0.2, 0) is 23.4 Å². The summed E-state index contributed by atoms with van der Waals surface area (Å²) in [5.41, 5.74) is 4.29. The van der Waals surface area contributed by atoms with E-state index in [0.717, 1.165) is 0 Å². The van der Waals surface area contributed by atoms with Gasteiger partial charge in [-0.05, 0) is 32.4 Å². The fraction of sp³-hybridized carbons (Fsp3) is 0.478. The van der Waals surface area contributed by atoms with Crippen molar-refractivity contribution in [3.8, 4) is 11.8 Å². The molecule has 0 saturated carbocycles. The van der Waals surface area contributed by atoms with Gasteiger partial charge in [-0.1, -0.05) is 24.3 Å². The van der Waals surface area contributed by atoms with Gasteiger partial charge in [-0.3, -0.25) is 14.3 Å². The number of nitrogens with two attached hydrogens (primary N) is 1. The number of hydrazone groups is 1. The number of rotatable bonds is 10. The van der Waals surface area contributed by atoms with Crippen molar-refractivity contribution >= 4 is 25.9 Å². The zero-order valence-corrected chi connectivity index (χ0v) is 21.6. The Morgan fingerprint density at radius 3 is 2.84 bits per heavy atom. The van der Waals surface area contributed by atoms with Crippen LogP contribution in [0.1, 0.15) is 20.3 Å². The fourth-order valence-electron chi connectivity index (χ4n) is 4.29. The Labute approximate surface area is 218 Å². The molecular weight excluding hydrogens is 519 g/mol. The van der Waals surface area contributed by atoms with Gasteiger partial charge in [-0.15, -0.1) is 0 Å². The first-order valence-corrected chi connectivity index (χ1v) is 13.4. The molecule has 1 saturated heterocycles. The first-order chi connectivity index (χ1) is 18.1. The van der Waals surface area contributed by atoms with Crippen molar-refractivity contribution < 1.29 is 38.1 Å². The summed E-state index contributed by atoms with van der Waals surface area (Å²) in [6, 6.07) is 8.17. The third-order valence-corrected chi connectivity index (χ3v) is 7.84. The molecule has 2 unspecified atom stereocenters. The van der Waals surface area contributed by atoms with Crippen molar-refractivity contribution in [3.63, 3.8) is 0 Å². The van der Waals surface area contributed by atoms with Gasteiger partial charge in [0.1, 0.15) is 49.1 Å². The number of fused-ring (bicyclic) bond motifs is 1. The van der Waals surface area contributed by atoms with E-state index >= 15 is 0 Å². The summed E-state index contributed by atoms with van der Waals surface area (Å²) in [5.74, 6) is -0.320. The summed E-state index contributed by atoms with van der Waals surface area (Å²) in [6.07, 6.45) is -1.01. The van der Waals surface area contributed by atoms with Crippen molar-refractivity contribution in [2.75, 3.05) is 13.2 Å². The first kappa shape index (κ1) is 27.7. The number of hydrogen-bond acceptors (Lipinski definition) is 13. The fourth-order valence-corrected chi connectivity index (χ4v) is 5.81. The number of benzene rings is 1. The number of para-hydroxylation sites is 1. The maximum atomic E-state index is 13.7. The summed E-state index contributed by atoms with van der Waals surface area (Å²) < 4.78 is 35.7. The third kappa shape index (κ3) is 5.44. The average molecular weight is 548 g/mol. The second-order valence-corrected chi connectivity index (χ2v) is 10.5. The summed E-state index contributed by atoms with van der Waals surface area (Å²) in [5, 5.41) is 39.9. The highest BCUT2D eigenvalue weighted by atomic mass is 31.2. The van der Waals surface area contributed by atoms with Crippen molar-refractivity contribution in [1.29, 1.82) is 5.26 Å². The molecule has 0 spiro atoms. The van der Waals surface area contributed by atoms with Gasteiger partial charge in [0.25, 0.3) is 0 Å². The standard InChI is InChI=1S/C23H29N6O8P/c1-3-34-22(32)14(2)28-38(33,37-15-7-5-4-6-8-15)35-12-23(11-24)20(31)18(30)19(36-23)16-9-10-17-21(25)26-13-27-29(16)17/h4-8,10,13-14,16,18-20,30-31H,3,9,12H2,1-2H3,(H,28,33)(H2,25,26,27)/t14-,16?,18-,19-,20-,23+,38?/m0/s1. The molecule has 5 N–H and O–H groups in total. The molecule has 0 aromatic heterocycles. The molecule has 0 bridgehead atoms. The molecule has 0 radical (unpaired) electrons. The van der Waals surface area contributed by atoms with Gasteiger partial charge in [-0.25, -0.2) is 9.56 Å². The van der Waals surface area contributed by atoms with Gasteiger partial charge in [-0.2, -0.15) is 15.5 Å². The summed E-state index contributed by atoms with van der Waals surface area (Å²) in [7, 11) is -4.36. The van der Waals surface area contributed by atoms with E-state index in [1.165, 1.54) is 30.4 Å². The van der Waals surface area contributed by atoms with Crippen LogP contribution >= 0.6 is 7.75 Å². The minimum absolute atomic E-state index is 0.0999. The van der Waals surface area contributed by atoms with Crippen LogP contribution in [-0.4, -0.2) is 82.6 Å². The highest BCUT2D eigenvalue weighted by molar-refractivity contribution is 7.52. The normalized spacial score (nSPS) is 30.4. The van der Waals surface area contributed by atoms with Gasteiger partial charge < -0.3 is 29.9 Å². The van der Waals surface area contributed by atoms with Crippen LogP contribution in [0.25, 0.3) is 0 Å². The molecule has 7 atom stereocenters. The van der Waals surface area contributed by atoms with E-state index in [1.54, 1.807) is 31.2 Å². The summed E-state index contributed by atoms with van der Waals surface area (Å²) in [4.78, 5) is 16.1. The third-order valence-electron chi connectivity index (χ3n) is 6.21. The lowest BCUT2D eigenvalue weighted by molar-refractivity contribution is -0.144. The van der Waals surface area contributed by atoms with Crippen LogP contribution in [0, 0.1) is 11.3 Å². The quantitative estimate of drug-likeness (QED) is 0.232. The number of esters is 1. The first-order valence-electron chi connectivity index (χ1n) is 11.9. The second kappa shape index (κ2) is 11.2. The van der Waals surface area contributed by atoms with Crippen LogP contribution in [0.15, 0.2) is 52.2 Å². The lowest BCUT2D eigenvalue weighted by atomic mass is 9.94. The number of ether oxygens (including phenoxy) is 2. The maximum Gasteiger partial charge on any atom is 0.459 e. The van der Waals surface area contributed by atoms with E-state index in [-0.39, 0.29) is 18.2 Å². The van der Waals surface area contributed by atoms with Crippen molar-refractivity contribution in [2.24, 2.45) is 15.8 Å². The number of hydrogen-bond donors (Lipinski definition) is 4. The minimum Gasteiger partial charge on any atom is -0.465 e. The number of aliphatic imine (C=N–C) groups is 1. The zero-order valence-electron chi connectivity index (χ0n) is 20.7. The van der Waals surface area contributed by atoms with Crippen LogP contribution < -0.4 is 15.3 Å². The Morgan fingerprint density at radius 1 is 1.42 bits per heavy atom. The molecular formula is C23H29N6O8P. The molecule has 1 fully saturated rings. The molecule has 4 rings (SSSR count). The van der Waals surface area contributed by atoms with E-state index in [4.69, 9.17) is 24.3 Å². The molecule has 0 aliphatic carbocycles. The van der Waals surface area contributed by atoms with Gasteiger partial charge in [0, 0.05) is 0 Å². The Morgan fingerprint density at radius 2 is 2.16 bits per heavy atom. The molecule has 14 nitrogen and oxygen atoms in total. The summed E-state index contributed by atoms with van der Waals surface area (Å²) >= 11 is 0. The number of nitrogens with zero attached hydrogens (tertiary/aromatic N) is 4. The SMILES string of the molecule is CCOC(=O)[C@H](C)NP(=O)(OC[C@@]1(C#N)O[C@@H](C2CC=C3C(N)=NC=NN32)[C@H](O)[C@@H]1O)Oc1ccccc1. The van der Waals surface area contributed by atoms with Gasteiger partial charge in [0.15, 0.2) is 5.84 Å². The van der Waals surface area contributed by atoms with Crippen molar-refractivity contribution in [2.45, 2.75) is 56.3 Å². The predicted octanol–water partition coefficient (Wildman–Crippen LogP) is 0.387. The molecule has 204 valence electrons. The smallest absolute Gasteiger partial charge is 0.459 e. The Bertz CT molecular complexity index is 1220. The number of carbonyl (C=O) groups is 1. The number of nitrogens with one attached hydrogen (secondary N) is 1. The molecule has 0 amide bonds. The molecule has 1 aromatic rings. The Balaban J connectivity index is 1.53. The number of amidine groups is 1. The monoisotopic (exact) mass is 548 g/mol. The van der Waals surface area contributed by atoms with E-state index in [1.807, 2.05) is 6.07 Å². The average Bonchev–Trinajstić information content (AvgIpc) is 3.44. The molecule has 3 aliphatic heterocycles. The van der Waals surface area contributed by atoms with E-state index < -0.39 is 56.3 Å². The highest BCUT2D eigenvalue weighted by Crippen LogP contribution is 2.47. The maximum absolute atomic E-state index is 13.7. The zero-order chi connectivity index (χ0) is 27.5.